The van der Waals surface area contributed by atoms with Crippen molar-refractivity contribution in [1.82, 2.24) is 19.7 Å². The van der Waals surface area contributed by atoms with Crippen molar-refractivity contribution in [2.75, 3.05) is 12.4 Å². The zero-order valence-electron chi connectivity index (χ0n) is 9.77. The lowest BCUT2D eigenvalue weighted by Gasteiger charge is -2.07. The lowest BCUT2D eigenvalue weighted by molar-refractivity contribution is 0.768. The Hall–Kier alpha value is -1.56. The van der Waals surface area contributed by atoms with Gasteiger partial charge in [-0.1, -0.05) is 0 Å². The van der Waals surface area contributed by atoms with Crippen molar-refractivity contribution in [2.45, 2.75) is 11.5 Å². The number of hydrogen-bond donors (Lipinski definition) is 1. The Balaban J connectivity index is 2.12. The summed E-state index contributed by atoms with van der Waals surface area (Å²) in [6.45, 7) is 0. The molecular weight excluding hydrogens is 234 g/mol. The second-order valence-corrected chi connectivity index (χ2v) is 4.95. The second-order valence-electron chi connectivity index (χ2n) is 3.97. The Morgan fingerprint density at radius 2 is 2.24 bits per heavy atom. The summed E-state index contributed by atoms with van der Waals surface area (Å²) in [7, 11) is 3.80. The Morgan fingerprint density at radius 3 is 2.94 bits per heavy atom. The Bertz CT molecular complexity index is 563. The van der Waals surface area contributed by atoms with Crippen LogP contribution in [-0.2, 0) is 18.6 Å². The molecule has 17 heavy (non-hydrogen) atoms. The Morgan fingerprint density at radius 1 is 1.35 bits per heavy atom. The number of hydrogen-bond acceptors (Lipinski definition) is 5. The van der Waals surface area contributed by atoms with Gasteiger partial charge in [-0.05, 0) is 0 Å². The van der Waals surface area contributed by atoms with Gasteiger partial charge < -0.3 is 5.32 Å². The number of rotatable bonds is 2. The maximum Gasteiger partial charge on any atom is 0.164 e. The van der Waals surface area contributed by atoms with E-state index in [2.05, 4.69) is 20.4 Å². The van der Waals surface area contributed by atoms with E-state index in [0.717, 1.165) is 34.4 Å². The first-order valence-corrected chi connectivity index (χ1v) is 6.57. The zero-order chi connectivity index (χ0) is 11.8. The van der Waals surface area contributed by atoms with Crippen LogP contribution in [0.4, 0.5) is 5.82 Å². The third-order valence-corrected chi connectivity index (χ3v) is 3.75. The molecule has 5 nitrogen and oxygen atoms in total. The molecule has 0 amide bonds. The molecule has 0 saturated carbocycles. The molecule has 0 fully saturated rings. The quantitative estimate of drug-likeness (QED) is 0.874. The highest BCUT2D eigenvalue weighted by atomic mass is 32.2. The molecule has 0 radical (unpaired) electrons. The molecule has 0 bridgehead atoms. The number of thioether (sulfide) groups is 1. The van der Waals surface area contributed by atoms with Crippen molar-refractivity contribution in [3.8, 4) is 11.4 Å². The highest BCUT2D eigenvalue weighted by Crippen LogP contribution is 2.34. The van der Waals surface area contributed by atoms with Gasteiger partial charge in [-0.25, -0.2) is 9.97 Å². The van der Waals surface area contributed by atoms with Crippen LogP contribution >= 0.6 is 11.8 Å². The molecular formula is C11H13N5S. The average Bonchev–Trinajstić information content (AvgIpc) is 2.95. The fourth-order valence-electron chi connectivity index (χ4n) is 1.92. The average molecular weight is 247 g/mol. The van der Waals surface area contributed by atoms with Gasteiger partial charge in [0.25, 0.3) is 0 Å². The highest BCUT2D eigenvalue weighted by molar-refractivity contribution is 7.98. The summed E-state index contributed by atoms with van der Waals surface area (Å²) < 4.78 is 1.76. The number of nitrogens with one attached hydrogen (secondary N) is 1. The third kappa shape index (κ3) is 1.78. The van der Waals surface area contributed by atoms with E-state index in [1.165, 1.54) is 5.56 Å². The van der Waals surface area contributed by atoms with Crippen molar-refractivity contribution < 1.29 is 0 Å². The number of fused-ring (bicyclic) bond motifs is 1. The van der Waals surface area contributed by atoms with Gasteiger partial charge in [-0.15, -0.1) is 0 Å². The van der Waals surface area contributed by atoms with Crippen LogP contribution in [0.2, 0.25) is 0 Å². The topological polar surface area (TPSA) is 55.6 Å². The summed E-state index contributed by atoms with van der Waals surface area (Å²) in [5, 5.41) is 7.31. The summed E-state index contributed by atoms with van der Waals surface area (Å²) in [5.41, 5.74) is 3.35. The van der Waals surface area contributed by atoms with E-state index in [1.54, 1.807) is 10.9 Å². The van der Waals surface area contributed by atoms with Crippen molar-refractivity contribution in [3.05, 3.63) is 23.7 Å². The fraction of sp³-hybridized carbons (Fsp3) is 0.364. The first-order chi connectivity index (χ1) is 8.28. The maximum absolute atomic E-state index is 4.62. The minimum atomic E-state index is 0.753. The molecule has 0 aromatic carbocycles. The molecule has 2 aromatic rings. The first-order valence-electron chi connectivity index (χ1n) is 5.42. The summed E-state index contributed by atoms with van der Waals surface area (Å²) in [4.78, 5) is 9.18. The molecule has 1 aliphatic rings. The number of nitrogens with zero attached hydrogens (tertiary/aromatic N) is 4. The van der Waals surface area contributed by atoms with Gasteiger partial charge in [0.1, 0.15) is 5.82 Å². The van der Waals surface area contributed by atoms with Crippen LogP contribution in [0.15, 0.2) is 12.4 Å². The Labute approximate surface area is 104 Å². The van der Waals surface area contributed by atoms with Crippen molar-refractivity contribution in [2.24, 2.45) is 7.05 Å². The van der Waals surface area contributed by atoms with E-state index in [1.807, 2.05) is 32.1 Å². The van der Waals surface area contributed by atoms with Gasteiger partial charge in [-0.3, -0.25) is 4.68 Å². The summed E-state index contributed by atoms with van der Waals surface area (Å²) in [5.74, 6) is 3.67. The van der Waals surface area contributed by atoms with Gasteiger partial charge in [0, 0.05) is 37.4 Å². The van der Waals surface area contributed by atoms with Crippen LogP contribution < -0.4 is 5.32 Å². The lowest BCUT2D eigenvalue weighted by Crippen LogP contribution is -2.03. The molecule has 0 saturated heterocycles. The number of aryl methyl sites for hydroxylation is 1. The maximum atomic E-state index is 4.62. The van der Waals surface area contributed by atoms with Gasteiger partial charge in [0.05, 0.1) is 17.5 Å². The number of aromatic nitrogens is 4. The fourth-order valence-corrected chi connectivity index (χ4v) is 2.97. The predicted octanol–water partition coefficient (Wildman–Crippen LogP) is 1.67. The molecule has 88 valence electrons. The highest BCUT2D eigenvalue weighted by Gasteiger charge is 2.19. The molecule has 3 heterocycles. The van der Waals surface area contributed by atoms with E-state index < -0.39 is 0 Å². The molecule has 0 aliphatic carbocycles. The molecule has 0 unspecified atom stereocenters. The smallest absolute Gasteiger partial charge is 0.164 e. The van der Waals surface area contributed by atoms with E-state index in [-0.39, 0.29) is 0 Å². The van der Waals surface area contributed by atoms with Gasteiger partial charge >= 0.3 is 0 Å². The zero-order valence-corrected chi connectivity index (χ0v) is 10.6. The molecule has 2 aromatic heterocycles. The lowest BCUT2D eigenvalue weighted by atomic mass is 10.2. The number of anilines is 1. The predicted molar refractivity (Wildman–Crippen MR) is 68.8 cm³/mol. The summed E-state index contributed by atoms with van der Waals surface area (Å²) >= 11 is 1.88. The van der Waals surface area contributed by atoms with Gasteiger partial charge in [-0.2, -0.15) is 16.9 Å². The first kappa shape index (κ1) is 10.6. The van der Waals surface area contributed by atoms with E-state index in [4.69, 9.17) is 0 Å². The van der Waals surface area contributed by atoms with Crippen LogP contribution in [0, 0.1) is 0 Å². The van der Waals surface area contributed by atoms with Crippen molar-refractivity contribution in [3.63, 3.8) is 0 Å². The minimum absolute atomic E-state index is 0.753. The Kier molecular flexibility index (Phi) is 2.51. The van der Waals surface area contributed by atoms with E-state index in [9.17, 15) is 0 Å². The van der Waals surface area contributed by atoms with Crippen LogP contribution in [0.3, 0.4) is 0 Å². The van der Waals surface area contributed by atoms with E-state index >= 15 is 0 Å². The summed E-state index contributed by atoms with van der Waals surface area (Å²) in [6, 6.07) is 0. The largest absolute Gasteiger partial charge is 0.373 e. The molecule has 0 atom stereocenters. The molecule has 0 spiro atoms. The molecule has 6 heteroatoms. The van der Waals surface area contributed by atoms with Crippen molar-refractivity contribution in [1.29, 1.82) is 0 Å². The standard InChI is InChI=1S/C11H13N5S/c1-12-11-8-5-17-6-9(8)14-10(15-11)7-3-13-16(2)4-7/h3-4H,5-6H2,1-2H3,(H,12,14,15). The van der Waals surface area contributed by atoms with Gasteiger partial charge in [0.15, 0.2) is 5.82 Å². The van der Waals surface area contributed by atoms with Gasteiger partial charge in [0.2, 0.25) is 0 Å². The summed E-state index contributed by atoms with van der Waals surface area (Å²) in [6.07, 6.45) is 3.73. The SMILES string of the molecule is CNc1nc(-c2cnn(C)c2)nc2c1CSC2. The van der Waals surface area contributed by atoms with Crippen LogP contribution in [0.5, 0.6) is 0 Å². The van der Waals surface area contributed by atoms with Crippen LogP contribution in [0.25, 0.3) is 11.4 Å². The molecule has 1 aliphatic heterocycles. The second kappa shape index (κ2) is 4.03. The van der Waals surface area contributed by atoms with Crippen LogP contribution in [-0.4, -0.2) is 26.8 Å². The van der Waals surface area contributed by atoms with Crippen molar-refractivity contribution >= 4 is 17.6 Å². The van der Waals surface area contributed by atoms with Crippen LogP contribution in [0.1, 0.15) is 11.3 Å². The normalized spacial score (nSPS) is 13.8. The molecule has 1 N–H and O–H groups in total. The minimum Gasteiger partial charge on any atom is -0.373 e. The monoisotopic (exact) mass is 247 g/mol. The molecule has 3 rings (SSSR count). The third-order valence-electron chi connectivity index (χ3n) is 2.78. The van der Waals surface area contributed by atoms with E-state index in [0.29, 0.717) is 0 Å².